The largest absolute Gasteiger partial charge is 0.502 e. The Balaban J connectivity index is 1.72. The summed E-state index contributed by atoms with van der Waals surface area (Å²) < 4.78 is 10.5. The number of carbonyl (C=O) groups is 1. The molecule has 1 aromatic heterocycles. The number of phenols is 1. The highest BCUT2D eigenvalue weighted by Crippen LogP contribution is 2.41. The van der Waals surface area contributed by atoms with Crippen molar-refractivity contribution in [2.24, 2.45) is 4.99 Å². The fourth-order valence-corrected chi connectivity index (χ4v) is 4.94. The van der Waals surface area contributed by atoms with Gasteiger partial charge in [0, 0.05) is 12.2 Å². The Morgan fingerprint density at radius 1 is 1.16 bits per heavy atom. The van der Waals surface area contributed by atoms with E-state index in [9.17, 15) is 9.90 Å². The number of ether oxygens (including phenoxy) is 2. The van der Waals surface area contributed by atoms with E-state index in [0.717, 1.165) is 25.7 Å². The summed E-state index contributed by atoms with van der Waals surface area (Å²) in [6.07, 6.45) is 8.85. The van der Waals surface area contributed by atoms with Crippen LogP contribution in [0.5, 0.6) is 17.2 Å². The highest BCUT2D eigenvalue weighted by atomic mass is 32.2. The molecule has 1 amide bonds. The molecule has 8 heteroatoms. The van der Waals surface area contributed by atoms with Crippen molar-refractivity contribution in [3.8, 4) is 17.2 Å². The van der Waals surface area contributed by atoms with Gasteiger partial charge in [0.2, 0.25) is 5.75 Å². The van der Waals surface area contributed by atoms with Crippen LogP contribution in [0.25, 0.3) is 6.08 Å². The van der Waals surface area contributed by atoms with Gasteiger partial charge in [-0.25, -0.2) is 9.98 Å². The summed E-state index contributed by atoms with van der Waals surface area (Å²) in [5.74, 6) is 1.02. The first-order chi connectivity index (χ1) is 15.1. The minimum atomic E-state index is -0.0706. The Kier molecular flexibility index (Phi) is 6.46. The topological polar surface area (TPSA) is 84.3 Å². The fourth-order valence-electron chi connectivity index (χ4n) is 3.89. The van der Waals surface area contributed by atoms with Gasteiger partial charge in [0.25, 0.3) is 5.91 Å². The van der Waals surface area contributed by atoms with Crippen LogP contribution >= 0.6 is 11.8 Å². The number of aromatic nitrogens is 1. The monoisotopic (exact) mass is 439 g/mol. The van der Waals surface area contributed by atoms with Crippen molar-refractivity contribution < 1.29 is 19.4 Å². The van der Waals surface area contributed by atoms with Crippen LogP contribution in [-0.2, 0) is 4.79 Å². The van der Waals surface area contributed by atoms with Crippen molar-refractivity contribution in [3.05, 3.63) is 47.0 Å². The number of amides is 1. The van der Waals surface area contributed by atoms with Gasteiger partial charge in [-0.3, -0.25) is 9.69 Å². The molecule has 1 saturated heterocycles. The number of amidine groups is 1. The lowest BCUT2D eigenvalue weighted by Gasteiger charge is -2.30. The molecule has 2 aliphatic rings. The maximum Gasteiger partial charge on any atom is 0.267 e. The molecule has 0 unspecified atom stereocenters. The standard InChI is InChI=1S/C23H25N3O4S/c1-29-17-12-15(13-18(30-2)21(17)27)14-19-22(28)26(16-8-4-3-5-9-16)23(31-19)25-20-10-6-7-11-24-20/h6-7,10-14,16,27H,3-5,8-9H2,1-2H3/b19-14-,25-23+. The molecule has 2 fully saturated rings. The smallest absolute Gasteiger partial charge is 0.267 e. The summed E-state index contributed by atoms with van der Waals surface area (Å²) in [5, 5.41) is 10.8. The van der Waals surface area contributed by atoms with Crippen molar-refractivity contribution in [2.45, 2.75) is 38.1 Å². The minimum Gasteiger partial charge on any atom is -0.502 e. The first-order valence-electron chi connectivity index (χ1n) is 10.3. The quantitative estimate of drug-likeness (QED) is 0.678. The van der Waals surface area contributed by atoms with Gasteiger partial charge >= 0.3 is 0 Å². The average Bonchev–Trinajstić information content (AvgIpc) is 3.10. The lowest BCUT2D eigenvalue weighted by molar-refractivity contribution is -0.124. The molecule has 1 N–H and O–H groups in total. The third-order valence-corrected chi connectivity index (χ3v) is 6.42. The number of thioether (sulfide) groups is 1. The molecule has 31 heavy (non-hydrogen) atoms. The molecule has 0 bridgehead atoms. The van der Waals surface area contributed by atoms with Gasteiger partial charge in [0.05, 0.1) is 19.1 Å². The van der Waals surface area contributed by atoms with E-state index in [1.807, 2.05) is 23.1 Å². The lowest BCUT2D eigenvalue weighted by Crippen LogP contribution is -2.40. The number of aromatic hydroxyl groups is 1. The van der Waals surface area contributed by atoms with Crippen LogP contribution in [0.2, 0.25) is 0 Å². The molecule has 2 aromatic rings. The number of aliphatic imine (C=N–C) groups is 1. The third kappa shape index (κ3) is 4.54. The molecule has 0 atom stereocenters. The first kappa shape index (κ1) is 21.2. The molecule has 1 saturated carbocycles. The Hall–Kier alpha value is -3.00. The Labute approximate surface area is 185 Å². The number of phenolic OH excluding ortho intramolecular Hbond substituents is 1. The zero-order chi connectivity index (χ0) is 21.8. The summed E-state index contributed by atoms with van der Waals surface area (Å²) in [6, 6.07) is 9.05. The van der Waals surface area contributed by atoms with Gasteiger partial charge in [-0.05, 0) is 60.5 Å². The van der Waals surface area contributed by atoms with E-state index in [-0.39, 0.29) is 29.2 Å². The molecule has 1 aliphatic heterocycles. The van der Waals surface area contributed by atoms with Crippen LogP contribution in [0.3, 0.4) is 0 Å². The molecule has 0 spiro atoms. The first-order valence-corrected chi connectivity index (χ1v) is 11.1. The normalized spacial score (nSPS) is 19.9. The van der Waals surface area contributed by atoms with Crippen LogP contribution in [0.15, 0.2) is 46.4 Å². The molecule has 4 rings (SSSR count). The SMILES string of the molecule is COc1cc(/C=C2\S/C(=N/c3ccccn3)N(C3CCCCC3)C2=O)cc(OC)c1O. The zero-order valence-electron chi connectivity index (χ0n) is 17.6. The maximum absolute atomic E-state index is 13.4. The predicted octanol–water partition coefficient (Wildman–Crippen LogP) is 4.74. The fraction of sp³-hybridized carbons (Fsp3) is 0.348. The van der Waals surface area contributed by atoms with E-state index in [0.29, 0.717) is 21.5 Å². The van der Waals surface area contributed by atoms with E-state index in [1.165, 1.54) is 32.4 Å². The van der Waals surface area contributed by atoms with Gasteiger partial charge in [-0.15, -0.1) is 0 Å². The van der Waals surface area contributed by atoms with Crippen LogP contribution in [0.1, 0.15) is 37.7 Å². The van der Waals surface area contributed by atoms with Gasteiger partial charge in [-0.1, -0.05) is 25.3 Å². The predicted molar refractivity (Wildman–Crippen MR) is 122 cm³/mol. The van der Waals surface area contributed by atoms with Crippen molar-refractivity contribution in [3.63, 3.8) is 0 Å². The van der Waals surface area contributed by atoms with E-state index in [2.05, 4.69) is 9.98 Å². The van der Waals surface area contributed by atoms with E-state index in [4.69, 9.17) is 9.47 Å². The van der Waals surface area contributed by atoms with Gasteiger partial charge in [0.15, 0.2) is 22.5 Å². The molecular weight excluding hydrogens is 414 g/mol. The third-order valence-electron chi connectivity index (χ3n) is 5.44. The lowest BCUT2D eigenvalue weighted by atomic mass is 9.94. The number of rotatable bonds is 5. The highest BCUT2D eigenvalue weighted by Gasteiger charge is 2.38. The second-order valence-corrected chi connectivity index (χ2v) is 8.44. The minimum absolute atomic E-state index is 0.0578. The molecule has 7 nitrogen and oxygen atoms in total. The number of pyridine rings is 1. The average molecular weight is 440 g/mol. The highest BCUT2D eigenvalue weighted by molar-refractivity contribution is 8.18. The summed E-state index contributed by atoms with van der Waals surface area (Å²) in [6.45, 7) is 0. The summed E-state index contributed by atoms with van der Waals surface area (Å²) in [7, 11) is 2.95. The van der Waals surface area contributed by atoms with Crippen molar-refractivity contribution in [2.75, 3.05) is 14.2 Å². The number of methoxy groups -OCH3 is 2. The Morgan fingerprint density at radius 2 is 1.87 bits per heavy atom. The molecule has 1 aliphatic carbocycles. The second kappa shape index (κ2) is 9.43. The van der Waals surface area contributed by atoms with Gasteiger partial charge in [-0.2, -0.15) is 0 Å². The van der Waals surface area contributed by atoms with Crippen molar-refractivity contribution in [1.29, 1.82) is 0 Å². The van der Waals surface area contributed by atoms with Crippen LogP contribution in [-0.4, -0.2) is 46.3 Å². The van der Waals surface area contributed by atoms with Crippen LogP contribution < -0.4 is 9.47 Å². The Bertz CT molecular complexity index is 992. The molecule has 0 radical (unpaired) electrons. The maximum atomic E-state index is 13.4. The van der Waals surface area contributed by atoms with Crippen molar-refractivity contribution >= 4 is 34.7 Å². The van der Waals surface area contributed by atoms with E-state index < -0.39 is 0 Å². The number of nitrogens with zero attached hydrogens (tertiary/aromatic N) is 3. The zero-order valence-corrected chi connectivity index (χ0v) is 18.4. The number of hydrogen-bond donors (Lipinski definition) is 1. The number of carbonyl (C=O) groups excluding carboxylic acids is 1. The molecule has 162 valence electrons. The van der Waals surface area contributed by atoms with E-state index >= 15 is 0 Å². The molecular formula is C23H25N3O4S. The van der Waals surface area contributed by atoms with Gasteiger partial charge < -0.3 is 14.6 Å². The Morgan fingerprint density at radius 3 is 2.48 bits per heavy atom. The van der Waals surface area contributed by atoms with Gasteiger partial charge in [0.1, 0.15) is 0 Å². The van der Waals surface area contributed by atoms with Crippen LogP contribution in [0, 0.1) is 0 Å². The van der Waals surface area contributed by atoms with Crippen molar-refractivity contribution in [1.82, 2.24) is 9.88 Å². The number of hydrogen-bond acceptors (Lipinski definition) is 7. The van der Waals surface area contributed by atoms with Crippen LogP contribution in [0.4, 0.5) is 5.82 Å². The second-order valence-electron chi connectivity index (χ2n) is 7.43. The summed E-state index contributed by atoms with van der Waals surface area (Å²) in [5.41, 5.74) is 0.699. The summed E-state index contributed by atoms with van der Waals surface area (Å²) in [4.78, 5) is 24.8. The number of benzene rings is 1. The molecule has 2 heterocycles. The summed E-state index contributed by atoms with van der Waals surface area (Å²) >= 11 is 1.34. The van der Waals surface area contributed by atoms with E-state index in [1.54, 1.807) is 24.4 Å². The molecule has 1 aromatic carbocycles.